The number of hydrogen-bond acceptors (Lipinski definition) is 3. The van der Waals surface area contributed by atoms with Gasteiger partial charge in [-0.15, -0.1) is 0 Å². The van der Waals surface area contributed by atoms with E-state index >= 15 is 0 Å². The van der Waals surface area contributed by atoms with Gasteiger partial charge in [-0.3, -0.25) is 4.79 Å². The number of halogens is 2. The molecule has 1 rings (SSSR count). The highest BCUT2D eigenvalue weighted by molar-refractivity contribution is 9.09. The van der Waals surface area contributed by atoms with E-state index in [-0.39, 0.29) is 27.9 Å². The quantitative estimate of drug-likeness (QED) is 0.499. The summed E-state index contributed by atoms with van der Waals surface area (Å²) in [6.45, 7) is 0. The van der Waals surface area contributed by atoms with Crippen LogP contribution in [0, 0.1) is 17.1 Å². The average molecular weight is 257 g/mol. The Hall–Kier alpha value is -1.41. The second kappa shape index (κ2) is 4.20. The highest BCUT2D eigenvalue weighted by atomic mass is 79.9. The molecule has 0 saturated carbocycles. The Kier molecular flexibility index (Phi) is 3.20. The SMILES string of the molecule is N#Cc1cc(C(=O)CBr)c(N)cc1F. The highest BCUT2D eigenvalue weighted by Gasteiger charge is 2.12. The Balaban J connectivity index is 3.33. The summed E-state index contributed by atoms with van der Waals surface area (Å²) >= 11 is 2.97. The number of hydrogen-bond donors (Lipinski definition) is 1. The third-order valence-corrected chi connectivity index (χ3v) is 2.19. The number of benzene rings is 1. The monoisotopic (exact) mass is 256 g/mol. The molecule has 0 radical (unpaired) electrons. The van der Waals surface area contributed by atoms with Crippen molar-refractivity contribution in [2.24, 2.45) is 0 Å². The Morgan fingerprint density at radius 3 is 2.79 bits per heavy atom. The zero-order valence-corrected chi connectivity index (χ0v) is 8.64. The van der Waals surface area contributed by atoms with E-state index in [1.165, 1.54) is 0 Å². The fourth-order valence-electron chi connectivity index (χ4n) is 0.988. The number of carbonyl (C=O) groups is 1. The van der Waals surface area contributed by atoms with Gasteiger partial charge in [-0.05, 0) is 12.1 Å². The number of nitrogens with zero attached hydrogens (tertiary/aromatic N) is 1. The summed E-state index contributed by atoms with van der Waals surface area (Å²) in [6.07, 6.45) is 0. The second-order valence-corrected chi connectivity index (χ2v) is 3.15. The molecule has 1 aromatic carbocycles. The summed E-state index contributed by atoms with van der Waals surface area (Å²) in [4.78, 5) is 11.3. The number of rotatable bonds is 2. The van der Waals surface area contributed by atoms with Crippen LogP contribution in [0.15, 0.2) is 12.1 Å². The Bertz CT molecular complexity index is 426. The second-order valence-electron chi connectivity index (χ2n) is 2.59. The van der Waals surface area contributed by atoms with E-state index < -0.39 is 5.82 Å². The van der Waals surface area contributed by atoms with Crippen LogP contribution in [0.4, 0.5) is 10.1 Å². The van der Waals surface area contributed by atoms with E-state index in [2.05, 4.69) is 15.9 Å². The van der Waals surface area contributed by atoms with Crippen molar-refractivity contribution in [3.05, 3.63) is 29.1 Å². The van der Waals surface area contributed by atoms with Crippen LogP contribution in [0.3, 0.4) is 0 Å². The van der Waals surface area contributed by atoms with Crippen molar-refractivity contribution in [1.82, 2.24) is 0 Å². The molecule has 0 atom stereocenters. The van der Waals surface area contributed by atoms with E-state index in [1.807, 2.05) is 0 Å². The molecule has 0 heterocycles. The first-order valence-electron chi connectivity index (χ1n) is 3.68. The number of Topliss-reactive ketones (excluding diaryl/α,β-unsaturated/α-hetero) is 1. The molecule has 14 heavy (non-hydrogen) atoms. The molecule has 0 aliphatic carbocycles. The Morgan fingerprint density at radius 1 is 1.64 bits per heavy atom. The van der Waals surface area contributed by atoms with Gasteiger partial charge in [0, 0.05) is 11.3 Å². The molecule has 3 nitrogen and oxygen atoms in total. The van der Waals surface area contributed by atoms with Crippen molar-refractivity contribution < 1.29 is 9.18 Å². The number of nitriles is 1. The van der Waals surface area contributed by atoms with E-state index in [1.54, 1.807) is 6.07 Å². The minimum absolute atomic E-state index is 0.0472. The molecule has 0 unspecified atom stereocenters. The van der Waals surface area contributed by atoms with Gasteiger partial charge in [-0.25, -0.2) is 4.39 Å². The number of anilines is 1. The number of ketones is 1. The summed E-state index contributed by atoms with van der Waals surface area (Å²) in [6, 6.07) is 3.79. The maximum absolute atomic E-state index is 13.0. The lowest BCUT2D eigenvalue weighted by atomic mass is 10.1. The van der Waals surface area contributed by atoms with Gasteiger partial charge in [-0.1, -0.05) is 15.9 Å². The van der Waals surface area contributed by atoms with Crippen molar-refractivity contribution in [2.75, 3.05) is 11.1 Å². The lowest BCUT2D eigenvalue weighted by Crippen LogP contribution is -2.06. The predicted octanol–water partition coefficient (Wildman–Crippen LogP) is 1.86. The maximum atomic E-state index is 13.0. The van der Waals surface area contributed by atoms with Crippen LogP contribution in [0.2, 0.25) is 0 Å². The van der Waals surface area contributed by atoms with Gasteiger partial charge in [0.15, 0.2) is 5.78 Å². The molecule has 0 aromatic heterocycles. The first-order valence-corrected chi connectivity index (χ1v) is 4.80. The molecule has 0 spiro atoms. The topological polar surface area (TPSA) is 66.9 Å². The van der Waals surface area contributed by atoms with Crippen LogP contribution in [-0.2, 0) is 0 Å². The molecule has 0 bridgehead atoms. The molecule has 5 heteroatoms. The third kappa shape index (κ3) is 1.91. The lowest BCUT2D eigenvalue weighted by molar-refractivity contribution is 0.102. The molecular formula is C9H6BrFN2O. The normalized spacial score (nSPS) is 9.50. The molecule has 0 aliphatic heterocycles. The smallest absolute Gasteiger partial charge is 0.175 e. The number of alkyl halides is 1. The standard InChI is InChI=1S/C9H6BrFN2O/c10-3-9(14)6-1-5(4-12)7(11)2-8(6)13/h1-2H,3,13H2. The third-order valence-electron chi connectivity index (χ3n) is 1.68. The molecule has 2 N–H and O–H groups in total. The first-order chi connectivity index (χ1) is 6.60. The van der Waals surface area contributed by atoms with Gasteiger partial charge in [-0.2, -0.15) is 5.26 Å². The molecular weight excluding hydrogens is 251 g/mol. The number of carbonyl (C=O) groups excluding carboxylic acids is 1. The maximum Gasteiger partial charge on any atom is 0.175 e. The average Bonchev–Trinajstić information content (AvgIpc) is 2.17. The molecule has 72 valence electrons. The van der Waals surface area contributed by atoms with E-state index in [0.717, 1.165) is 12.1 Å². The van der Waals surface area contributed by atoms with Crippen LogP contribution in [0.1, 0.15) is 15.9 Å². The van der Waals surface area contributed by atoms with Crippen LogP contribution in [0.25, 0.3) is 0 Å². The van der Waals surface area contributed by atoms with E-state index in [0.29, 0.717) is 0 Å². The van der Waals surface area contributed by atoms with Gasteiger partial charge >= 0.3 is 0 Å². The van der Waals surface area contributed by atoms with E-state index in [4.69, 9.17) is 11.0 Å². The molecule has 0 aliphatic rings. The molecule has 0 saturated heterocycles. The van der Waals surface area contributed by atoms with Gasteiger partial charge in [0.25, 0.3) is 0 Å². The molecule has 1 aromatic rings. The summed E-state index contributed by atoms with van der Waals surface area (Å²) < 4.78 is 13.0. The highest BCUT2D eigenvalue weighted by Crippen LogP contribution is 2.18. The largest absolute Gasteiger partial charge is 0.398 e. The summed E-state index contributed by atoms with van der Waals surface area (Å²) in [7, 11) is 0. The number of nitrogens with two attached hydrogens (primary N) is 1. The van der Waals surface area contributed by atoms with Crippen LogP contribution >= 0.6 is 15.9 Å². The van der Waals surface area contributed by atoms with Crippen LogP contribution < -0.4 is 5.73 Å². The van der Waals surface area contributed by atoms with E-state index in [9.17, 15) is 9.18 Å². The zero-order valence-electron chi connectivity index (χ0n) is 7.05. The van der Waals surface area contributed by atoms with Crippen LogP contribution in [0.5, 0.6) is 0 Å². The van der Waals surface area contributed by atoms with Gasteiger partial charge in [0.05, 0.1) is 10.9 Å². The van der Waals surface area contributed by atoms with Crippen LogP contribution in [-0.4, -0.2) is 11.1 Å². The Labute approximate surface area is 88.5 Å². The summed E-state index contributed by atoms with van der Waals surface area (Å²) in [5.74, 6) is -0.991. The van der Waals surface area contributed by atoms with Gasteiger partial charge < -0.3 is 5.73 Å². The summed E-state index contributed by atoms with van der Waals surface area (Å²) in [5.41, 5.74) is 5.47. The summed E-state index contributed by atoms with van der Waals surface area (Å²) in [5, 5.41) is 8.63. The zero-order chi connectivity index (χ0) is 10.7. The fraction of sp³-hybridized carbons (Fsp3) is 0.111. The predicted molar refractivity (Wildman–Crippen MR) is 53.7 cm³/mol. The minimum atomic E-state index is -0.712. The van der Waals surface area contributed by atoms with Crippen molar-refractivity contribution >= 4 is 27.4 Å². The number of nitrogen functional groups attached to an aromatic ring is 1. The van der Waals surface area contributed by atoms with Crippen molar-refractivity contribution in [2.45, 2.75) is 0 Å². The Morgan fingerprint density at radius 2 is 2.29 bits per heavy atom. The lowest BCUT2D eigenvalue weighted by Gasteiger charge is -2.03. The van der Waals surface area contributed by atoms with Crippen molar-refractivity contribution in [3.8, 4) is 6.07 Å². The fourth-order valence-corrected chi connectivity index (χ4v) is 1.29. The first kappa shape index (κ1) is 10.7. The molecule has 0 fully saturated rings. The van der Waals surface area contributed by atoms with Crippen molar-refractivity contribution in [1.29, 1.82) is 5.26 Å². The minimum Gasteiger partial charge on any atom is -0.398 e. The van der Waals surface area contributed by atoms with Crippen molar-refractivity contribution in [3.63, 3.8) is 0 Å². The van der Waals surface area contributed by atoms with Gasteiger partial charge in [0.2, 0.25) is 0 Å². The van der Waals surface area contributed by atoms with Gasteiger partial charge in [0.1, 0.15) is 11.9 Å². The molecule has 0 amide bonds.